The van der Waals surface area contributed by atoms with Gasteiger partial charge in [0, 0.05) is 37.2 Å². The van der Waals surface area contributed by atoms with Crippen molar-refractivity contribution in [2.45, 2.75) is 5.75 Å². The molecule has 0 aliphatic heterocycles. The molecule has 9 heteroatoms. The summed E-state index contributed by atoms with van der Waals surface area (Å²) in [5.41, 5.74) is 2.08. The maximum absolute atomic E-state index is 11.8. The van der Waals surface area contributed by atoms with Crippen molar-refractivity contribution < 1.29 is 9.72 Å². The minimum atomic E-state index is -0.449. The van der Waals surface area contributed by atoms with Crippen molar-refractivity contribution in [3.63, 3.8) is 0 Å². The molecule has 0 unspecified atom stereocenters. The average Bonchev–Trinajstić information content (AvgIpc) is 2.71. The highest BCUT2D eigenvalue weighted by Gasteiger charge is 2.11. The molecular formula is C19H21N5O3S. The van der Waals surface area contributed by atoms with Crippen LogP contribution in [0.15, 0.2) is 48.5 Å². The maximum Gasteiger partial charge on any atom is 0.314 e. The van der Waals surface area contributed by atoms with Crippen LogP contribution in [0.4, 0.5) is 16.2 Å². The number of urea groups is 1. The number of carbonyl (C=O) groups excluding carboxylic acids is 1. The van der Waals surface area contributed by atoms with E-state index in [-0.39, 0.29) is 11.7 Å². The predicted octanol–water partition coefficient (Wildman–Crippen LogP) is 3.11. The Balaban J connectivity index is 1.58. The number of rotatable bonds is 10. The highest BCUT2D eigenvalue weighted by Crippen LogP contribution is 2.22. The number of hydrogen-bond acceptors (Lipinski definition) is 6. The van der Waals surface area contributed by atoms with E-state index in [1.54, 1.807) is 36.0 Å². The highest BCUT2D eigenvalue weighted by molar-refractivity contribution is 7.98. The van der Waals surface area contributed by atoms with Gasteiger partial charge in [-0.05, 0) is 17.7 Å². The fraction of sp³-hybridized carbons (Fsp3) is 0.263. The Labute approximate surface area is 167 Å². The molecule has 8 nitrogen and oxygen atoms in total. The van der Waals surface area contributed by atoms with Crippen molar-refractivity contribution in [3.8, 4) is 6.07 Å². The van der Waals surface area contributed by atoms with Crippen LogP contribution in [0.1, 0.15) is 11.1 Å². The molecule has 3 N–H and O–H groups in total. The number of nitrogens with zero attached hydrogens (tertiary/aromatic N) is 2. The zero-order chi connectivity index (χ0) is 20.2. The van der Waals surface area contributed by atoms with Crippen LogP contribution in [0.25, 0.3) is 0 Å². The van der Waals surface area contributed by atoms with Crippen LogP contribution >= 0.6 is 11.8 Å². The first-order valence-electron chi connectivity index (χ1n) is 8.66. The molecule has 28 heavy (non-hydrogen) atoms. The SMILES string of the molecule is N#Cc1ccccc1CSCCNC(=O)NCCNc1ccccc1[N+](=O)[O-]. The number of anilines is 1. The molecular weight excluding hydrogens is 378 g/mol. The molecule has 2 aromatic rings. The number of benzene rings is 2. The summed E-state index contributed by atoms with van der Waals surface area (Å²) in [6, 6.07) is 15.7. The summed E-state index contributed by atoms with van der Waals surface area (Å²) < 4.78 is 0. The Kier molecular flexibility index (Phi) is 8.62. The number of carbonyl (C=O) groups is 1. The second kappa shape index (κ2) is 11.5. The van der Waals surface area contributed by atoms with E-state index < -0.39 is 4.92 Å². The van der Waals surface area contributed by atoms with Crippen LogP contribution in [0.3, 0.4) is 0 Å². The number of nitriles is 1. The Morgan fingerprint density at radius 3 is 2.57 bits per heavy atom. The van der Waals surface area contributed by atoms with Gasteiger partial charge in [-0.25, -0.2) is 4.79 Å². The monoisotopic (exact) mass is 399 g/mol. The fourth-order valence-electron chi connectivity index (χ4n) is 2.39. The van der Waals surface area contributed by atoms with Gasteiger partial charge in [-0.1, -0.05) is 30.3 Å². The van der Waals surface area contributed by atoms with E-state index in [2.05, 4.69) is 22.0 Å². The largest absolute Gasteiger partial charge is 0.378 e. The molecule has 0 saturated heterocycles. The number of nitro benzene ring substituents is 1. The van der Waals surface area contributed by atoms with Gasteiger partial charge >= 0.3 is 6.03 Å². The molecule has 0 saturated carbocycles. The van der Waals surface area contributed by atoms with Gasteiger partial charge < -0.3 is 16.0 Å². The molecule has 0 fully saturated rings. The summed E-state index contributed by atoms with van der Waals surface area (Å²) in [5, 5.41) is 28.4. The van der Waals surface area contributed by atoms with E-state index in [1.807, 2.05) is 18.2 Å². The van der Waals surface area contributed by atoms with Gasteiger partial charge in [-0.2, -0.15) is 17.0 Å². The summed E-state index contributed by atoms with van der Waals surface area (Å²) >= 11 is 1.64. The third kappa shape index (κ3) is 6.81. The summed E-state index contributed by atoms with van der Waals surface area (Å²) in [6.45, 7) is 1.21. The van der Waals surface area contributed by atoms with Crippen LogP contribution < -0.4 is 16.0 Å². The van der Waals surface area contributed by atoms with Crippen LogP contribution in [0, 0.1) is 21.4 Å². The standard InChI is InChI=1S/C19H21N5O3S/c20-13-15-5-1-2-6-16(15)14-28-12-11-23-19(25)22-10-9-21-17-7-3-4-8-18(17)24(26)27/h1-8,21H,9-12,14H2,(H2,22,23,25). The van der Waals surface area contributed by atoms with E-state index in [0.29, 0.717) is 36.6 Å². The van der Waals surface area contributed by atoms with Gasteiger partial charge in [-0.3, -0.25) is 10.1 Å². The zero-order valence-electron chi connectivity index (χ0n) is 15.2. The number of amides is 2. The summed E-state index contributed by atoms with van der Waals surface area (Å²) in [4.78, 5) is 22.2. The van der Waals surface area contributed by atoms with Crippen molar-refractivity contribution in [1.29, 1.82) is 5.26 Å². The Hall–Kier alpha value is -3.25. The van der Waals surface area contributed by atoms with E-state index >= 15 is 0 Å². The van der Waals surface area contributed by atoms with Crippen molar-refractivity contribution in [2.24, 2.45) is 0 Å². The van der Waals surface area contributed by atoms with Gasteiger partial charge in [0.2, 0.25) is 0 Å². The van der Waals surface area contributed by atoms with Crippen molar-refractivity contribution in [3.05, 3.63) is 69.8 Å². The van der Waals surface area contributed by atoms with Gasteiger partial charge in [-0.15, -0.1) is 0 Å². The number of thioether (sulfide) groups is 1. The number of nitrogens with one attached hydrogen (secondary N) is 3. The zero-order valence-corrected chi connectivity index (χ0v) is 16.0. The lowest BCUT2D eigenvalue weighted by Crippen LogP contribution is -2.38. The first-order chi connectivity index (χ1) is 13.6. The molecule has 0 atom stereocenters. The van der Waals surface area contributed by atoms with Gasteiger partial charge in [0.1, 0.15) is 5.69 Å². The smallest absolute Gasteiger partial charge is 0.314 e. The second-order valence-corrected chi connectivity index (χ2v) is 6.81. The molecule has 2 amide bonds. The average molecular weight is 399 g/mol. The molecule has 146 valence electrons. The molecule has 0 bridgehead atoms. The molecule has 0 aliphatic rings. The minimum absolute atomic E-state index is 0.00180. The lowest BCUT2D eigenvalue weighted by atomic mass is 10.1. The van der Waals surface area contributed by atoms with Crippen molar-refractivity contribution in [2.75, 3.05) is 30.7 Å². The number of para-hydroxylation sites is 2. The van der Waals surface area contributed by atoms with Gasteiger partial charge in [0.25, 0.3) is 5.69 Å². The summed E-state index contributed by atoms with van der Waals surface area (Å²) in [6.07, 6.45) is 0. The van der Waals surface area contributed by atoms with Gasteiger partial charge in [0.05, 0.1) is 16.6 Å². The molecule has 0 aliphatic carbocycles. The summed E-state index contributed by atoms with van der Waals surface area (Å²) in [7, 11) is 0. The normalized spacial score (nSPS) is 9.96. The van der Waals surface area contributed by atoms with Gasteiger partial charge in [0.15, 0.2) is 0 Å². The third-order valence-corrected chi connectivity index (χ3v) is 4.76. The first kappa shape index (κ1) is 21.1. The lowest BCUT2D eigenvalue weighted by Gasteiger charge is -2.09. The quantitative estimate of drug-likeness (QED) is 0.321. The predicted molar refractivity (Wildman–Crippen MR) is 110 cm³/mol. The lowest BCUT2D eigenvalue weighted by molar-refractivity contribution is -0.384. The molecule has 0 aromatic heterocycles. The van der Waals surface area contributed by atoms with Crippen molar-refractivity contribution in [1.82, 2.24) is 10.6 Å². The van der Waals surface area contributed by atoms with E-state index in [1.165, 1.54) is 6.07 Å². The summed E-state index contributed by atoms with van der Waals surface area (Å²) in [5.74, 6) is 1.44. The number of nitro groups is 1. The Bertz CT molecular complexity index is 853. The molecule has 0 radical (unpaired) electrons. The topological polar surface area (TPSA) is 120 Å². The molecule has 2 rings (SSSR count). The van der Waals surface area contributed by atoms with Crippen LogP contribution in [-0.2, 0) is 5.75 Å². The second-order valence-electron chi connectivity index (χ2n) is 5.71. The van der Waals surface area contributed by atoms with E-state index in [4.69, 9.17) is 5.26 Å². The number of hydrogen-bond donors (Lipinski definition) is 3. The molecule has 0 spiro atoms. The Morgan fingerprint density at radius 1 is 1.07 bits per heavy atom. The van der Waals surface area contributed by atoms with Crippen molar-refractivity contribution >= 4 is 29.2 Å². The Morgan fingerprint density at radius 2 is 1.79 bits per heavy atom. The van der Waals surface area contributed by atoms with Crippen LogP contribution in [0.2, 0.25) is 0 Å². The minimum Gasteiger partial charge on any atom is -0.378 e. The van der Waals surface area contributed by atoms with Crippen LogP contribution in [-0.4, -0.2) is 36.3 Å². The highest BCUT2D eigenvalue weighted by atomic mass is 32.2. The fourth-order valence-corrected chi connectivity index (χ4v) is 3.25. The van der Waals surface area contributed by atoms with Crippen LogP contribution in [0.5, 0.6) is 0 Å². The maximum atomic E-state index is 11.8. The third-order valence-electron chi connectivity index (χ3n) is 3.75. The molecule has 2 aromatic carbocycles. The van der Waals surface area contributed by atoms with E-state index in [0.717, 1.165) is 11.3 Å². The van der Waals surface area contributed by atoms with E-state index in [9.17, 15) is 14.9 Å². The first-order valence-corrected chi connectivity index (χ1v) is 9.82. The molecule has 0 heterocycles.